The lowest BCUT2D eigenvalue weighted by Gasteiger charge is -1.90. The van der Waals surface area contributed by atoms with Gasteiger partial charge in [0.1, 0.15) is 0 Å². The number of hydrogen-bond donors (Lipinski definition) is 1. The maximum atomic E-state index is 4.36. The molecule has 1 aromatic carbocycles. The van der Waals surface area contributed by atoms with E-state index >= 15 is 0 Å². The maximum absolute atomic E-state index is 4.36. The molecular formula is C11H11N2P. The molecule has 0 fully saturated rings. The van der Waals surface area contributed by atoms with Gasteiger partial charge in [0.25, 0.3) is 0 Å². The van der Waals surface area contributed by atoms with E-state index in [0.29, 0.717) is 0 Å². The lowest BCUT2D eigenvalue weighted by Crippen LogP contribution is -1.77. The molecule has 0 saturated heterocycles. The second-order valence-corrected chi connectivity index (χ2v) is 4.04. The SMILES string of the molecule is Cc1cpc(/C=N/c2ccccc2)[nH]1. The number of benzene rings is 1. The van der Waals surface area contributed by atoms with Gasteiger partial charge >= 0.3 is 0 Å². The Bertz CT molecular complexity index is 432. The average Bonchev–Trinajstić information content (AvgIpc) is 2.63. The van der Waals surface area contributed by atoms with Crippen molar-refractivity contribution in [3.05, 3.63) is 47.2 Å². The highest BCUT2D eigenvalue weighted by Gasteiger charge is 1.90. The number of aryl methyl sites for hydroxylation is 1. The van der Waals surface area contributed by atoms with Crippen LogP contribution in [-0.4, -0.2) is 11.2 Å². The third-order valence-corrected chi connectivity index (χ3v) is 2.84. The zero-order valence-corrected chi connectivity index (χ0v) is 8.83. The minimum atomic E-state index is 0.988. The van der Waals surface area contributed by atoms with E-state index in [1.54, 1.807) is 0 Å². The number of H-pyrrole nitrogens is 1. The predicted octanol–water partition coefficient (Wildman–Crippen LogP) is 3.65. The molecule has 0 aliphatic heterocycles. The van der Waals surface area contributed by atoms with Crippen molar-refractivity contribution in [3.8, 4) is 0 Å². The molecule has 2 rings (SSSR count). The highest BCUT2D eigenvalue weighted by atomic mass is 31.0. The number of nitrogens with one attached hydrogen (secondary N) is 1. The first-order chi connectivity index (χ1) is 6.84. The summed E-state index contributed by atoms with van der Waals surface area (Å²) in [4.78, 5) is 7.60. The largest absolute Gasteiger partial charge is 0.354 e. The van der Waals surface area contributed by atoms with E-state index in [0.717, 1.165) is 11.1 Å². The molecule has 2 aromatic rings. The third-order valence-electron chi connectivity index (χ3n) is 1.81. The van der Waals surface area contributed by atoms with E-state index in [9.17, 15) is 0 Å². The molecule has 0 radical (unpaired) electrons. The van der Waals surface area contributed by atoms with Gasteiger partial charge in [-0.05, 0) is 33.0 Å². The van der Waals surface area contributed by atoms with Crippen LogP contribution in [0.25, 0.3) is 0 Å². The summed E-state index contributed by atoms with van der Waals surface area (Å²) >= 11 is 0. The van der Waals surface area contributed by atoms with Crippen molar-refractivity contribution in [2.45, 2.75) is 6.92 Å². The van der Waals surface area contributed by atoms with Crippen LogP contribution in [0.1, 0.15) is 11.1 Å². The molecule has 70 valence electrons. The summed E-state index contributed by atoms with van der Waals surface area (Å²) < 4.78 is 0. The van der Waals surface area contributed by atoms with Gasteiger partial charge in [-0.3, -0.25) is 4.99 Å². The Morgan fingerprint density at radius 3 is 2.71 bits per heavy atom. The van der Waals surface area contributed by atoms with E-state index < -0.39 is 0 Å². The van der Waals surface area contributed by atoms with Crippen LogP contribution >= 0.6 is 8.19 Å². The number of nitrogens with zero attached hydrogens (tertiary/aromatic N) is 1. The molecule has 0 saturated carbocycles. The minimum Gasteiger partial charge on any atom is -0.354 e. The Labute approximate surface area is 84.8 Å². The van der Waals surface area contributed by atoms with Crippen molar-refractivity contribution in [3.63, 3.8) is 0 Å². The summed E-state index contributed by atoms with van der Waals surface area (Å²) in [7, 11) is 1.19. The fourth-order valence-electron chi connectivity index (χ4n) is 1.15. The van der Waals surface area contributed by atoms with E-state index in [1.807, 2.05) is 36.5 Å². The lowest BCUT2D eigenvalue weighted by molar-refractivity contribution is 1.25. The summed E-state index contributed by atoms with van der Waals surface area (Å²) in [5, 5.41) is 0. The molecule has 1 aromatic heterocycles. The van der Waals surface area contributed by atoms with Crippen LogP contribution in [0.5, 0.6) is 0 Å². The minimum absolute atomic E-state index is 0.988. The molecule has 0 aliphatic rings. The Balaban J connectivity index is 2.15. The van der Waals surface area contributed by atoms with Crippen molar-refractivity contribution in [1.29, 1.82) is 0 Å². The van der Waals surface area contributed by atoms with Crippen LogP contribution in [0.4, 0.5) is 5.69 Å². The molecule has 0 aliphatic carbocycles. The van der Waals surface area contributed by atoms with Crippen molar-refractivity contribution in [1.82, 2.24) is 4.98 Å². The first-order valence-corrected chi connectivity index (χ1v) is 5.42. The van der Waals surface area contributed by atoms with Crippen molar-refractivity contribution in [2.24, 2.45) is 4.99 Å². The number of hydrogen-bond acceptors (Lipinski definition) is 1. The van der Waals surface area contributed by atoms with Gasteiger partial charge in [0.15, 0.2) is 0 Å². The topological polar surface area (TPSA) is 28.1 Å². The van der Waals surface area contributed by atoms with E-state index in [4.69, 9.17) is 0 Å². The highest BCUT2D eigenvalue weighted by molar-refractivity contribution is 7.31. The van der Waals surface area contributed by atoms with Gasteiger partial charge in [0.2, 0.25) is 0 Å². The van der Waals surface area contributed by atoms with Gasteiger partial charge in [-0.2, -0.15) is 0 Å². The third kappa shape index (κ3) is 2.30. The van der Waals surface area contributed by atoms with Crippen molar-refractivity contribution >= 4 is 20.1 Å². The Hall–Kier alpha value is -1.40. The molecule has 0 spiro atoms. The van der Waals surface area contributed by atoms with Crippen LogP contribution in [0.2, 0.25) is 0 Å². The molecule has 14 heavy (non-hydrogen) atoms. The second kappa shape index (κ2) is 4.21. The fraction of sp³-hybridized carbons (Fsp3) is 0.0909. The summed E-state index contributed by atoms with van der Waals surface area (Å²) in [6.07, 6.45) is 1.88. The molecule has 1 heterocycles. The first kappa shape index (κ1) is 9.17. The van der Waals surface area contributed by atoms with Gasteiger partial charge in [0, 0.05) is 5.69 Å². The number of aromatic nitrogens is 1. The van der Waals surface area contributed by atoms with E-state index in [2.05, 4.69) is 22.7 Å². The van der Waals surface area contributed by atoms with Gasteiger partial charge in [0.05, 0.1) is 17.3 Å². The number of aliphatic imine (C=N–C) groups is 1. The summed E-state index contributed by atoms with van der Waals surface area (Å²) in [5.41, 5.74) is 3.31. The summed E-state index contributed by atoms with van der Waals surface area (Å²) in [5.74, 6) is 2.13. The predicted molar refractivity (Wildman–Crippen MR) is 61.7 cm³/mol. The molecule has 2 nitrogen and oxygen atoms in total. The summed E-state index contributed by atoms with van der Waals surface area (Å²) in [6, 6.07) is 9.94. The molecule has 0 atom stereocenters. The van der Waals surface area contributed by atoms with E-state index in [-0.39, 0.29) is 0 Å². The first-order valence-electron chi connectivity index (χ1n) is 4.45. The van der Waals surface area contributed by atoms with Crippen LogP contribution in [0, 0.1) is 6.92 Å². The quantitative estimate of drug-likeness (QED) is 0.720. The number of rotatable bonds is 2. The normalized spacial score (nSPS) is 11.5. The average molecular weight is 202 g/mol. The fourth-order valence-corrected chi connectivity index (χ4v) is 1.91. The van der Waals surface area contributed by atoms with Crippen LogP contribution in [-0.2, 0) is 0 Å². The van der Waals surface area contributed by atoms with Gasteiger partial charge in [-0.25, -0.2) is 0 Å². The van der Waals surface area contributed by atoms with Crippen LogP contribution < -0.4 is 0 Å². The number of aromatic amines is 1. The second-order valence-electron chi connectivity index (χ2n) is 3.05. The van der Waals surface area contributed by atoms with E-state index in [1.165, 1.54) is 13.9 Å². The monoisotopic (exact) mass is 202 g/mol. The maximum Gasteiger partial charge on any atom is 0.0844 e. The zero-order valence-electron chi connectivity index (χ0n) is 7.94. The van der Waals surface area contributed by atoms with Crippen molar-refractivity contribution in [2.75, 3.05) is 0 Å². The number of para-hydroxylation sites is 1. The standard InChI is InChI=1S/C11H11N2P/c1-9-8-14-11(13-9)7-12-10-5-3-2-4-6-10/h2-8,13H,1H3/b12-7+. The highest BCUT2D eigenvalue weighted by Crippen LogP contribution is 2.14. The molecule has 0 amide bonds. The molecule has 3 heteroatoms. The Morgan fingerprint density at radius 1 is 1.29 bits per heavy atom. The van der Waals surface area contributed by atoms with Crippen LogP contribution in [0.3, 0.4) is 0 Å². The summed E-state index contributed by atoms with van der Waals surface area (Å²) in [6.45, 7) is 2.05. The van der Waals surface area contributed by atoms with Crippen molar-refractivity contribution < 1.29 is 0 Å². The van der Waals surface area contributed by atoms with Crippen LogP contribution in [0.15, 0.2) is 41.1 Å². The zero-order chi connectivity index (χ0) is 9.80. The van der Waals surface area contributed by atoms with Gasteiger partial charge < -0.3 is 4.98 Å². The molecular weight excluding hydrogens is 191 g/mol. The molecule has 0 bridgehead atoms. The lowest BCUT2D eigenvalue weighted by atomic mass is 10.3. The smallest absolute Gasteiger partial charge is 0.0844 e. The van der Waals surface area contributed by atoms with Gasteiger partial charge in [-0.1, -0.05) is 18.2 Å². The Kier molecular flexibility index (Phi) is 2.76. The molecule has 1 N–H and O–H groups in total. The molecule has 0 unspecified atom stereocenters. The Morgan fingerprint density at radius 2 is 2.07 bits per heavy atom. The van der Waals surface area contributed by atoms with Gasteiger partial charge in [-0.15, -0.1) is 0 Å².